The monoisotopic (exact) mass is 256 g/mol. The lowest BCUT2D eigenvalue weighted by Gasteiger charge is -2.15. The Kier molecular flexibility index (Phi) is 15.0. The largest absolute Gasteiger partial charge is 0.396 e. The van der Waals surface area contributed by atoms with Crippen molar-refractivity contribution in [3.8, 4) is 0 Å². The molecule has 0 radical (unpaired) electrons. The van der Waals surface area contributed by atoms with Crippen molar-refractivity contribution in [3.05, 3.63) is 0 Å². The summed E-state index contributed by atoms with van der Waals surface area (Å²) in [6.07, 6.45) is 17.5. The molecule has 0 aromatic heterocycles. The molecule has 1 unspecified atom stereocenters. The fourth-order valence-electron chi connectivity index (χ4n) is 2.69. The van der Waals surface area contributed by atoms with Gasteiger partial charge < -0.3 is 5.11 Å². The summed E-state index contributed by atoms with van der Waals surface area (Å²) in [5.74, 6) is 0.789. The molecule has 0 amide bonds. The van der Waals surface area contributed by atoms with Crippen LogP contribution in [0.3, 0.4) is 0 Å². The molecule has 0 spiro atoms. The first kappa shape index (κ1) is 18.0. The number of rotatable bonds is 14. The molecule has 0 saturated heterocycles. The summed E-state index contributed by atoms with van der Waals surface area (Å²) in [5, 5.41) is 9.09. The summed E-state index contributed by atoms with van der Waals surface area (Å²) in [4.78, 5) is 0. The second-order valence-corrected chi connectivity index (χ2v) is 5.78. The van der Waals surface area contributed by atoms with Gasteiger partial charge in [-0.3, -0.25) is 0 Å². The molecule has 1 nitrogen and oxygen atoms in total. The Morgan fingerprint density at radius 3 is 1.61 bits per heavy atom. The third kappa shape index (κ3) is 12.4. The Labute approximate surface area is 115 Å². The smallest absolute Gasteiger partial charge is 0.0433 e. The van der Waals surface area contributed by atoms with E-state index in [4.69, 9.17) is 5.11 Å². The molecular weight excluding hydrogens is 220 g/mol. The third-order valence-electron chi connectivity index (χ3n) is 3.97. The van der Waals surface area contributed by atoms with Crippen LogP contribution in [0.5, 0.6) is 0 Å². The summed E-state index contributed by atoms with van der Waals surface area (Å²) < 4.78 is 0. The van der Waals surface area contributed by atoms with Crippen LogP contribution < -0.4 is 0 Å². The molecule has 0 aromatic rings. The molecule has 0 aliphatic carbocycles. The Morgan fingerprint density at radius 1 is 0.611 bits per heavy atom. The van der Waals surface area contributed by atoms with Crippen molar-refractivity contribution >= 4 is 0 Å². The highest BCUT2D eigenvalue weighted by Gasteiger charge is 2.07. The van der Waals surface area contributed by atoms with E-state index in [1.807, 2.05) is 0 Å². The van der Waals surface area contributed by atoms with Crippen LogP contribution in [0.4, 0.5) is 0 Å². The molecule has 0 saturated carbocycles. The molecule has 0 bridgehead atoms. The van der Waals surface area contributed by atoms with Crippen molar-refractivity contribution in [1.29, 1.82) is 0 Å². The summed E-state index contributed by atoms with van der Waals surface area (Å²) in [5.41, 5.74) is 0. The SMILES string of the molecule is CCCCCCCCCC(CCO)CCCCC. The molecular formula is C17H36O. The summed E-state index contributed by atoms with van der Waals surface area (Å²) >= 11 is 0. The molecule has 0 aliphatic rings. The van der Waals surface area contributed by atoms with Crippen molar-refractivity contribution in [3.63, 3.8) is 0 Å². The molecule has 0 aliphatic heterocycles. The molecule has 0 fully saturated rings. The van der Waals surface area contributed by atoms with E-state index < -0.39 is 0 Å². The minimum Gasteiger partial charge on any atom is -0.396 e. The van der Waals surface area contributed by atoms with Gasteiger partial charge in [-0.25, -0.2) is 0 Å². The van der Waals surface area contributed by atoms with E-state index in [-0.39, 0.29) is 0 Å². The van der Waals surface area contributed by atoms with Crippen molar-refractivity contribution in [2.75, 3.05) is 6.61 Å². The first-order chi connectivity index (χ1) is 8.85. The molecule has 1 heteroatoms. The zero-order valence-electron chi connectivity index (χ0n) is 12.9. The zero-order valence-corrected chi connectivity index (χ0v) is 12.9. The fourth-order valence-corrected chi connectivity index (χ4v) is 2.69. The van der Waals surface area contributed by atoms with Gasteiger partial charge in [0.2, 0.25) is 0 Å². The van der Waals surface area contributed by atoms with Crippen molar-refractivity contribution in [2.45, 2.75) is 97.3 Å². The van der Waals surface area contributed by atoms with Crippen molar-refractivity contribution in [1.82, 2.24) is 0 Å². The molecule has 0 heterocycles. The molecule has 0 aromatic carbocycles. The summed E-state index contributed by atoms with van der Waals surface area (Å²) in [6, 6.07) is 0. The van der Waals surface area contributed by atoms with Crippen LogP contribution in [-0.2, 0) is 0 Å². The highest BCUT2D eigenvalue weighted by molar-refractivity contribution is 4.60. The maximum Gasteiger partial charge on any atom is 0.0433 e. The van der Waals surface area contributed by atoms with Crippen LogP contribution in [0.1, 0.15) is 97.3 Å². The fraction of sp³-hybridized carbons (Fsp3) is 1.00. The number of hydrogen-bond donors (Lipinski definition) is 1. The van der Waals surface area contributed by atoms with Crippen molar-refractivity contribution in [2.24, 2.45) is 5.92 Å². The zero-order chi connectivity index (χ0) is 13.5. The second kappa shape index (κ2) is 15.0. The van der Waals surface area contributed by atoms with Gasteiger partial charge >= 0.3 is 0 Å². The Morgan fingerprint density at radius 2 is 1.06 bits per heavy atom. The van der Waals surface area contributed by atoms with Crippen LogP contribution in [0.2, 0.25) is 0 Å². The van der Waals surface area contributed by atoms with Gasteiger partial charge in [-0.2, -0.15) is 0 Å². The molecule has 110 valence electrons. The van der Waals surface area contributed by atoms with Gasteiger partial charge in [-0.15, -0.1) is 0 Å². The molecule has 18 heavy (non-hydrogen) atoms. The summed E-state index contributed by atoms with van der Waals surface area (Å²) in [6.45, 7) is 4.92. The highest BCUT2D eigenvalue weighted by atomic mass is 16.3. The highest BCUT2D eigenvalue weighted by Crippen LogP contribution is 2.21. The van der Waals surface area contributed by atoms with Gasteiger partial charge in [-0.05, 0) is 12.3 Å². The van der Waals surface area contributed by atoms with E-state index in [0.29, 0.717) is 6.61 Å². The number of hydrogen-bond acceptors (Lipinski definition) is 1. The van der Waals surface area contributed by atoms with E-state index in [1.54, 1.807) is 0 Å². The van der Waals surface area contributed by atoms with E-state index in [9.17, 15) is 0 Å². The van der Waals surface area contributed by atoms with E-state index in [0.717, 1.165) is 12.3 Å². The minimum atomic E-state index is 0.382. The average molecular weight is 256 g/mol. The maximum atomic E-state index is 9.09. The molecule has 1 atom stereocenters. The second-order valence-electron chi connectivity index (χ2n) is 5.78. The van der Waals surface area contributed by atoms with Crippen LogP contribution in [0, 0.1) is 5.92 Å². The molecule has 0 rings (SSSR count). The number of aliphatic hydroxyl groups excluding tert-OH is 1. The van der Waals surface area contributed by atoms with Crippen LogP contribution in [-0.4, -0.2) is 11.7 Å². The van der Waals surface area contributed by atoms with Crippen LogP contribution in [0.15, 0.2) is 0 Å². The molecule has 1 N–H and O–H groups in total. The van der Waals surface area contributed by atoms with Crippen LogP contribution in [0.25, 0.3) is 0 Å². The number of unbranched alkanes of at least 4 members (excludes halogenated alkanes) is 8. The van der Waals surface area contributed by atoms with Crippen LogP contribution >= 0.6 is 0 Å². The van der Waals surface area contributed by atoms with E-state index in [1.165, 1.54) is 77.0 Å². The third-order valence-corrected chi connectivity index (χ3v) is 3.97. The van der Waals surface area contributed by atoms with Gasteiger partial charge in [0.15, 0.2) is 0 Å². The lowest BCUT2D eigenvalue weighted by Crippen LogP contribution is -2.03. The summed E-state index contributed by atoms with van der Waals surface area (Å²) in [7, 11) is 0. The van der Waals surface area contributed by atoms with E-state index in [2.05, 4.69) is 13.8 Å². The van der Waals surface area contributed by atoms with E-state index >= 15 is 0 Å². The predicted molar refractivity (Wildman–Crippen MR) is 81.9 cm³/mol. The average Bonchev–Trinajstić information content (AvgIpc) is 2.38. The first-order valence-corrected chi connectivity index (χ1v) is 8.46. The maximum absolute atomic E-state index is 9.09. The predicted octanol–water partition coefficient (Wildman–Crippen LogP) is 5.71. The lowest BCUT2D eigenvalue weighted by molar-refractivity contribution is 0.241. The Bertz CT molecular complexity index is 145. The Hall–Kier alpha value is -0.0400. The number of aliphatic hydroxyl groups is 1. The first-order valence-electron chi connectivity index (χ1n) is 8.46. The normalized spacial score (nSPS) is 12.8. The lowest BCUT2D eigenvalue weighted by atomic mass is 9.92. The quantitative estimate of drug-likeness (QED) is 0.395. The van der Waals surface area contributed by atoms with Gasteiger partial charge in [0.25, 0.3) is 0 Å². The van der Waals surface area contributed by atoms with Crippen molar-refractivity contribution < 1.29 is 5.11 Å². The topological polar surface area (TPSA) is 20.2 Å². The minimum absolute atomic E-state index is 0.382. The van der Waals surface area contributed by atoms with Gasteiger partial charge in [0.05, 0.1) is 0 Å². The van der Waals surface area contributed by atoms with Gasteiger partial charge in [-0.1, -0.05) is 90.9 Å². The Balaban J connectivity index is 3.39. The standard InChI is InChI=1S/C17H36O/c1-3-5-7-8-9-10-12-14-17(15-16-18)13-11-6-4-2/h17-18H,3-16H2,1-2H3. The van der Waals surface area contributed by atoms with Gasteiger partial charge in [0, 0.05) is 6.61 Å². The van der Waals surface area contributed by atoms with Gasteiger partial charge in [0.1, 0.15) is 0 Å².